The molecule has 0 bridgehead atoms. The third-order valence-electron chi connectivity index (χ3n) is 6.45. The first-order chi connectivity index (χ1) is 16.7. The zero-order chi connectivity index (χ0) is 24.8. The summed E-state index contributed by atoms with van der Waals surface area (Å²) in [4.78, 5) is 8.22. The summed E-state index contributed by atoms with van der Waals surface area (Å²) in [6.45, 7) is 0.757. The molecule has 2 aliphatic carbocycles. The molecule has 10 nitrogen and oxygen atoms in total. The number of benzene rings is 1. The SMILES string of the molecule is COc1c(Nc2ccc(S(=O)(=O)C3CC3)cc2F)ncnc1OC1CCN(S(=O)(=O)C2CC2)CC1. The van der Waals surface area contributed by atoms with E-state index in [1.807, 2.05) is 0 Å². The number of hydrogen-bond donors (Lipinski definition) is 1. The van der Waals surface area contributed by atoms with Gasteiger partial charge < -0.3 is 14.8 Å². The van der Waals surface area contributed by atoms with Gasteiger partial charge in [0.25, 0.3) is 5.88 Å². The number of aromatic nitrogens is 2. The van der Waals surface area contributed by atoms with Crippen molar-refractivity contribution < 1.29 is 30.7 Å². The summed E-state index contributed by atoms with van der Waals surface area (Å²) in [7, 11) is -5.31. The van der Waals surface area contributed by atoms with Crippen LogP contribution in [-0.2, 0) is 19.9 Å². The number of sulfone groups is 1. The molecule has 0 unspecified atom stereocenters. The molecule has 190 valence electrons. The van der Waals surface area contributed by atoms with E-state index >= 15 is 0 Å². The monoisotopic (exact) mass is 526 g/mol. The predicted octanol–water partition coefficient (Wildman–Crippen LogP) is 2.64. The maximum absolute atomic E-state index is 14.8. The van der Waals surface area contributed by atoms with Gasteiger partial charge in [-0.1, -0.05) is 0 Å². The minimum absolute atomic E-state index is 0.0290. The lowest BCUT2D eigenvalue weighted by Gasteiger charge is -2.31. The molecule has 3 fully saturated rings. The van der Waals surface area contributed by atoms with Crippen molar-refractivity contribution in [3.05, 3.63) is 30.3 Å². The Morgan fingerprint density at radius 3 is 2.29 bits per heavy atom. The van der Waals surface area contributed by atoms with Crippen LogP contribution in [-0.4, -0.2) is 67.9 Å². The van der Waals surface area contributed by atoms with Crippen LogP contribution < -0.4 is 14.8 Å². The molecule has 0 atom stereocenters. The van der Waals surface area contributed by atoms with E-state index < -0.39 is 30.9 Å². The molecule has 1 N–H and O–H groups in total. The molecule has 1 aromatic heterocycles. The zero-order valence-corrected chi connectivity index (χ0v) is 20.8. The van der Waals surface area contributed by atoms with Gasteiger partial charge in [-0.25, -0.2) is 30.5 Å². The van der Waals surface area contributed by atoms with Crippen molar-refractivity contribution >= 4 is 31.4 Å². The van der Waals surface area contributed by atoms with Crippen molar-refractivity contribution in [3.8, 4) is 11.6 Å². The summed E-state index contributed by atoms with van der Waals surface area (Å²) in [5.74, 6) is -0.265. The number of ether oxygens (including phenoxy) is 2. The Morgan fingerprint density at radius 1 is 1.00 bits per heavy atom. The number of nitrogens with zero attached hydrogens (tertiary/aromatic N) is 3. The second-order valence-electron chi connectivity index (χ2n) is 9.03. The summed E-state index contributed by atoms with van der Waals surface area (Å²) in [5.41, 5.74) is 0.0290. The van der Waals surface area contributed by atoms with Crippen molar-refractivity contribution in [1.82, 2.24) is 14.3 Å². The minimum atomic E-state index is -3.51. The lowest BCUT2D eigenvalue weighted by atomic mass is 10.1. The zero-order valence-electron chi connectivity index (χ0n) is 19.2. The second-order valence-corrected chi connectivity index (χ2v) is 13.5. The van der Waals surface area contributed by atoms with Gasteiger partial charge in [-0.3, -0.25) is 0 Å². The van der Waals surface area contributed by atoms with E-state index in [-0.39, 0.29) is 39.4 Å². The Labute approximate surface area is 203 Å². The molecule has 2 heterocycles. The Balaban J connectivity index is 1.28. The number of sulfonamides is 1. The number of piperidine rings is 1. The number of rotatable bonds is 9. The molecule has 5 rings (SSSR count). The van der Waals surface area contributed by atoms with Crippen LogP contribution >= 0.6 is 0 Å². The summed E-state index contributed by atoms with van der Waals surface area (Å²) >= 11 is 0. The van der Waals surface area contributed by atoms with Gasteiger partial charge in [0.05, 0.1) is 28.2 Å². The highest BCUT2D eigenvalue weighted by atomic mass is 32.2. The van der Waals surface area contributed by atoms with Gasteiger partial charge in [0.1, 0.15) is 18.2 Å². The van der Waals surface area contributed by atoms with Crippen LogP contribution in [0.1, 0.15) is 38.5 Å². The molecule has 0 radical (unpaired) electrons. The highest BCUT2D eigenvalue weighted by molar-refractivity contribution is 7.92. The fourth-order valence-electron chi connectivity index (χ4n) is 4.13. The van der Waals surface area contributed by atoms with Gasteiger partial charge in [0.2, 0.25) is 15.8 Å². The van der Waals surface area contributed by atoms with E-state index in [1.54, 1.807) is 0 Å². The van der Waals surface area contributed by atoms with E-state index in [0.717, 1.165) is 18.9 Å². The van der Waals surface area contributed by atoms with E-state index in [4.69, 9.17) is 9.47 Å². The maximum Gasteiger partial charge on any atom is 0.262 e. The first-order valence-electron chi connectivity index (χ1n) is 11.5. The minimum Gasteiger partial charge on any atom is -0.489 e. The topological polar surface area (TPSA) is 128 Å². The first-order valence-corrected chi connectivity index (χ1v) is 14.6. The number of halogens is 1. The highest BCUT2D eigenvalue weighted by Gasteiger charge is 2.41. The smallest absolute Gasteiger partial charge is 0.262 e. The lowest BCUT2D eigenvalue weighted by molar-refractivity contribution is 0.125. The molecule has 1 aliphatic heterocycles. The van der Waals surface area contributed by atoms with Crippen LogP contribution in [0.2, 0.25) is 0 Å². The van der Waals surface area contributed by atoms with Crippen LogP contribution in [0.15, 0.2) is 29.4 Å². The Kier molecular flexibility index (Phi) is 6.34. The van der Waals surface area contributed by atoms with Crippen molar-refractivity contribution in [2.75, 3.05) is 25.5 Å². The van der Waals surface area contributed by atoms with Gasteiger partial charge in [0.15, 0.2) is 15.7 Å². The molecule has 1 saturated heterocycles. The average Bonchev–Trinajstić information content (AvgIpc) is 3.72. The summed E-state index contributed by atoms with van der Waals surface area (Å²) < 4.78 is 77.4. The number of hydrogen-bond acceptors (Lipinski definition) is 9. The molecule has 2 aromatic rings. The molecule has 1 aromatic carbocycles. The van der Waals surface area contributed by atoms with Crippen LogP contribution in [0.25, 0.3) is 0 Å². The normalized spacial score (nSPS) is 19.9. The average molecular weight is 527 g/mol. The maximum atomic E-state index is 14.8. The van der Waals surface area contributed by atoms with Crippen molar-refractivity contribution in [2.24, 2.45) is 0 Å². The van der Waals surface area contributed by atoms with Crippen LogP contribution in [0.3, 0.4) is 0 Å². The number of methoxy groups -OCH3 is 1. The molecule has 2 saturated carbocycles. The Bertz CT molecular complexity index is 1320. The summed E-state index contributed by atoms with van der Waals surface area (Å²) in [6, 6.07) is 3.72. The van der Waals surface area contributed by atoms with Gasteiger partial charge in [0, 0.05) is 13.1 Å². The van der Waals surface area contributed by atoms with Crippen LogP contribution in [0.4, 0.5) is 15.9 Å². The van der Waals surface area contributed by atoms with Crippen molar-refractivity contribution in [1.29, 1.82) is 0 Å². The Hall–Kier alpha value is -2.51. The van der Waals surface area contributed by atoms with Gasteiger partial charge in [-0.15, -0.1) is 0 Å². The van der Waals surface area contributed by atoms with E-state index in [9.17, 15) is 21.2 Å². The number of anilines is 2. The van der Waals surface area contributed by atoms with Gasteiger partial charge in [-0.2, -0.15) is 4.98 Å². The van der Waals surface area contributed by atoms with Crippen molar-refractivity contribution in [2.45, 2.75) is 60.0 Å². The third kappa shape index (κ3) is 4.94. The van der Waals surface area contributed by atoms with Crippen molar-refractivity contribution in [3.63, 3.8) is 0 Å². The summed E-state index contributed by atoms with van der Waals surface area (Å²) in [6.07, 6.45) is 4.65. The number of nitrogens with one attached hydrogen (secondary N) is 1. The summed E-state index contributed by atoms with van der Waals surface area (Å²) in [5, 5.41) is 2.16. The highest BCUT2D eigenvalue weighted by Crippen LogP contribution is 2.38. The second kappa shape index (κ2) is 9.17. The largest absolute Gasteiger partial charge is 0.489 e. The van der Waals surface area contributed by atoms with Crippen LogP contribution in [0.5, 0.6) is 11.6 Å². The van der Waals surface area contributed by atoms with E-state index in [1.165, 1.54) is 29.9 Å². The lowest BCUT2D eigenvalue weighted by Crippen LogP contribution is -2.43. The predicted molar refractivity (Wildman–Crippen MR) is 126 cm³/mol. The molecule has 13 heteroatoms. The standard InChI is InChI=1S/C22H27FN4O6S2/c1-32-20-21(26-19-7-6-17(12-18(19)23)34(28,29)15-2-3-15)24-13-25-22(20)33-14-8-10-27(11-9-14)35(30,31)16-4-5-16/h6-7,12-16H,2-5,8-11H2,1H3,(H,24,25,26). The third-order valence-corrected chi connectivity index (χ3v) is 11.1. The molecule has 0 spiro atoms. The molecule has 0 amide bonds. The fraction of sp³-hybridized carbons (Fsp3) is 0.545. The first kappa shape index (κ1) is 24.2. The van der Waals surface area contributed by atoms with Crippen LogP contribution in [0, 0.1) is 5.82 Å². The molecular weight excluding hydrogens is 499 g/mol. The van der Waals surface area contributed by atoms with E-state index in [2.05, 4.69) is 15.3 Å². The molecule has 35 heavy (non-hydrogen) atoms. The Morgan fingerprint density at radius 2 is 1.69 bits per heavy atom. The van der Waals surface area contributed by atoms with E-state index in [0.29, 0.717) is 38.8 Å². The quantitative estimate of drug-likeness (QED) is 0.524. The fourth-order valence-corrected chi connectivity index (χ4v) is 7.67. The van der Waals surface area contributed by atoms with Gasteiger partial charge in [-0.05, 0) is 56.7 Å². The van der Waals surface area contributed by atoms with Gasteiger partial charge >= 0.3 is 0 Å². The molecule has 3 aliphatic rings. The molecular formula is C22H27FN4O6S2.